The molecule has 0 spiro atoms. The molecule has 1 aliphatic heterocycles. The second kappa shape index (κ2) is 6.87. The van der Waals surface area contributed by atoms with E-state index in [0.717, 1.165) is 0 Å². The summed E-state index contributed by atoms with van der Waals surface area (Å²) >= 11 is 0. The molecule has 17 heavy (non-hydrogen) atoms. The molecule has 0 unspecified atom stereocenters. The highest BCUT2D eigenvalue weighted by Gasteiger charge is 2.39. The predicted octanol–water partition coefficient (Wildman–Crippen LogP) is -1.65. The molecule has 4 N–H and O–H groups in total. The molecule has 7 heteroatoms. The van der Waals surface area contributed by atoms with Crippen molar-refractivity contribution in [2.75, 3.05) is 19.8 Å². The van der Waals surface area contributed by atoms with Crippen molar-refractivity contribution < 1.29 is 34.7 Å². The maximum Gasteiger partial charge on any atom is 0.303 e. The molecule has 1 aliphatic rings. The summed E-state index contributed by atoms with van der Waals surface area (Å²) in [5, 5.41) is 36.5. The first-order valence-electron chi connectivity index (χ1n) is 5.48. The van der Waals surface area contributed by atoms with Gasteiger partial charge in [-0.2, -0.15) is 0 Å². The largest absolute Gasteiger partial charge is 0.481 e. The van der Waals surface area contributed by atoms with Crippen LogP contribution in [0.1, 0.15) is 12.8 Å². The van der Waals surface area contributed by atoms with Crippen LogP contribution < -0.4 is 0 Å². The van der Waals surface area contributed by atoms with Crippen LogP contribution in [0, 0.1) is 0 Å². The topological polar surface area (TPSA) is 116 Å². The van der Waals surface area contributed by atoms with E-state index in [-0.39, 0.29) is 26.2 Å². The SMILES string of the molecule is O=C(O)CCCO[C@H]1[C@H](O)[C@@H](O)CO[C@@H]1CO. The number of hydrogen-bond acceptors (Lipinski definition) is 6. The van der Waals surface area contributed by atoms with Gasteiger partial charge in [0.1, 0.15) is 24.4 Å². The van der Waals surface area contributed by atoms with Crippen LogP contribution in [0.4, 0.5) is 0 Å². The Hall–Kier alpha value is -0.730. The smallest absolute Gasteiger partial charge is 0.303 e. The molecule has 1 saturated heterocycles. The van der Waals surface area contributed by atoms with Crippen molar-refractivity contribution in [1.82, 2.24) is 0 Å². The Morgan fingerprint density at radius 2 is 2.12 bits per heavy atom. The lowest BCUT2D eigenvalue weighted by molar-refractivity contribution is -0.211. The Bertz CT molecular complexity index is 243. The fourth-order valence-corrected chi connectivity index (χ4v) is 1.66. The Kier molecular flexibility index (Phi) is 5.79. The van der Waals surface area contributed by atoms with Gasteiger partial charge in [-0.3, -0.25) is 4.79 Å². The zero-order chi connectivity index (χ0) is 12.8. The molecule has 100 valence electrons. The Labute approximate surface area is 98.6 Å². The summed E-state index contributed by atoms with van der Waals surface area (Å²) in [6, 6.07) is 0. The fourth-order valence-electron chi connectivity index (χ4n) is 1.66. The van der Waals surface area contributed by atoms with E-state index in [0.29, 0.717) is 6.42 Å². The van der Waals surface area contributed by atoms with Crippen LogP contribution >= 0.6 is 0 Å². The van der Waals surface area contributed by atoms with E-state index < -0.39 is 30.4 Å². The van der Waals surface area contributed by atoms with Gasteiger partial charge in [0.15, 0.2) is 0 Å². The van der Waals surface area contributed by atoms with E-state index in [9.17, 15) is 15.0 Å². The van der Waals surface area contributed by atoms with Gasteiger partial charge in [-0.15, -0.1) is 0 Å². The summed E-state index contributed by atoms with van der Waals surface area (Å²) in [5.74, 6) is -0.923. The van der Waals surface area contributed by atoms with Gasteiger partial charge < -0.3 is 29.9 Å². The molecule has 0 aromatic heterocycles. The van der Waals surface area contributed by atoms with Crippen LogP contribution in [0.3, 0.4) is 0 Å². The lowest BCUT2D eigenvalue weighted by atomic mass is 10.0. The van der Waals surface area contributed by atoms with Crippen molar-refractivity contribution >= 4 is 5.97 Å². The molecule has 0 amide bonds. The van der Waals surface area contributed by atoms with E-state index >= 15 is 0 Å². The summed E-state index contributed by atoms with van der Waals surface area (Å²) in [7, 11) is 0. The minimum Gasteiger partial charge on any atom is -0.481 e. The van der Waals surface area contributed by atoms with E-state index in [1.807, 2.05) is 0 Å². The molecular formula is C10H18O7. The Balaban J connectivity index is 2.38. The molecule has 0 radical (unpaired) electrons. The van der Waals surface area contributed by atoms with E-state index in [2.05, 4.69) is 0 Å². The van der Waals surface area contributed by atoms with Gasteiger partial charge in [0, 0.05) is 13.0 Å². The fraction of sp³-hybridized carbons (Fsp3) is 0.900. The van der Waals surface area contributed by atoms with E-state index in [1.165, 1.54) is 0 Å². The molecule has 4 atom stereocenters. The number of carboxylic acids is 1. The molecular weight excluding hydrogens is 232 g/mol. The summed E-state index contributed by atoms with van der Waals surface area (Å²) in [6.45, 7) is -0.255. The number of aliphatic hydroxyl groups is 3. The van der Waals surface area contributed by atoms with Crippen molar-refractivity contribution in [3.63, 3.8) is 0 Å². The highest BCUT2D eigenvalue weighted by Crippen LogP contribution is 2.18. The molecule has 0 aromatic rings. The molecule has 0 saturated carbocycles. The predicted molar refractivity (Wildman–Crippen MR) is 55.4 cm³/mol. The molecule has 1 heterocycles. The normalized spacial score (nSPS) is 33.6. The molecule has 7 nitrogen and oxygen atoms in total. The molecule has 0 bridgehead atoms. The Morgan fingerprint density at radius 1 is 1.41 bits per heavy atom. The van der Waals surface area contributed by atoms with Crippen LogP contribution in [0.2, 0.25) is 0 Å². The average Bonchev–Trinajstić information content (AvgIpc) is 2.29. The number of aliphatic carboxylic acids is 1. The van der Waals surface area contributed by atoms with Gasteiger partial charge >= 0.3 is 5.97 Å². The quantitative estimate of drug-likeness (QED) is 0.417. The lowest BCUT2D eigenvalue weighted by Crippen LogP contribution is -2.55. The highest BCUT2D eigenvalue weighted by atomic mass is 16.6. The summed E-state index contributed by atoms with van der Waals surface area (Å²) < 4.78 is 10.4. The molecule has 1 rings (SSSR count). The number of hydrogen-bond donors (Lipinski definition) is 4. The number of carbonyl (C=O) groups is 1. The van der Waals surface area contributed by atoms with Crippen molar-refractivity contribution in [3.05, 3.63) is 0 Å². The van der Waals surface area contributed by atoms with Gasteiger partial charge in [0.2, 0.25) is 0 Å². The van der Waals surface area contributed by atoms with Crippen LogP contribution in [-0.4, -0.2) is 70.6 Å². The number of carboxylic acid groups (broad SMARTS) is 1. The first-order chi connectivity index (χ1) is 8.06. The van der Waals surface area contributed by atoms with Gasteiger partial charge in [-0.1, -0.05) is 0 Å². The Morgan fingerprint density at radius 3 is 2.71 bits per heavy atom. The summed E-state index contributed by atoms with van der Waals surface area (Å²) in [6.07, 6.45) is -3.45. The van der Waals surface area contributed by atoms with Crippen LogP contribution in [0.15, 0.2) is 0 Å². The minimum atomic E-state index is -1.13. The van der Waals surface area contributed by atoms with Gasteiger partial charge in [-0.25, -0.2) is 0 Å². The molecule has 1 fully saturated rings. The van der Waals surface area contributed by atoms with Crippen LogP contribution in [-0.2, 0) is 14.3 Å². The second-order valence-corrected chi connectivity index (χ2v) is 3.94. The van der Waals surface area contributed by atoms with Crippen molar-refractivity contribution in [3.8, 4) is 0 Å². The van der Waals surface area contributed by atoms with Gasteiger partial charge in [0.05, 0.1) is 13.2 Å². The molecule has 0 aromatic carbocycles. The van der Waals surface area contributed by atoms with Gasteiger partial charge in [0.25, 0.3) is 0 Å². The summed E-state index contributed by atoms with van der Waals surface area (Å²) in [5.41, 5.74) is 0. The maximum atomic E-state index is 10.3. The monoisotopic (exact) mass is 250 g/mol. The third-order valence-corrected chi connectivity index (χ3v) is 2.60. The van der Waals surface area contributed by atoms with E-state index in [1.54, 1.807) is 0 Å². The zero-order valence-electron chi connectivity index (χ0n) is 9.36. The number of rotatable bonds is 6. The zero-order valence-corrected chi connectivity index (χ0v) is 9.36. The van der Waals surface area contributed by atoms with Crippen LogP contribution in [0.5, 0.6) is 0 Å². The summed E-state index contributed by atoms with van der Waals surface area (Å²) in [4.78, 5) is 10.3. The van der Waals surface area contributed by atoms with E-state index in [4.69, 9.17) is 19.7 Å². The maximum absolute atomic E-state index is 10.3. The third kappa shape index (κ3) is 4.21. The lowest BCUT2D eigenvalue weighted by Gasteiger charge is -2.37. The average molecular weight is 250 g/mol. The standard InChI is InChI=1S/C10H18O7/c11-4-7-10(9(15)6(12)5-17-7)16-3-1-2-8(13)14/h6-7,9-12,15H,1-5H2,(H,13,14)/t6-,7+,9+,10+/m0/s1. The first kappa shape index (κ1) is 14.3. The minimum absolute atomic E-state index is 0.0317. The van der Waals surface area contributed by atoms with Crippen LogP contribution in [0.25, 0.3) is 0 Å². The third-order valence-electron chi connectivity index (χ3n) is 2.60. The first-order valence-corrected chi connectivity index (χ1v) is 5.48. The highest BCUT2D eigenvalue weighted by molar-refractivity contribution is 5.66. The molecule has 0 aliphatic carbocycles. The number of aliphatic hydroxyl groups excluding tert-OH is 3. The second-order valence-electron chi connectivity index (χ2n) is 3.94. The van der Waals surface area contributed by atoms with Gasteiger partial charge in [-0.05, 0) is 6.42 Å². The van der Waals surface area contributed by atoms with Crippen molar-refractivity contribution in [2.45, 2.75) is 37.3 Å². The number of ether oxygens (including phenoxy) is 2. The van der Waals surface area contributed by atoms with Crippen molar-refractivity contribution in [2.24, 2.45) is 0 Å². The van der Waals surface area contributed by atoms with Crippen molar-refractivity contribution in [1.29, 1.82) is 0 Å².